The molecule has 0 aromatic carbocycles. The number of methoxy groups -OCH3 is 1. The summed E-state index contributed by atoms with van der Waals surface area (Å²) in [6.07, 6.45) is 2.85. The summed E-state index contributed by atoms with van der Waals surface area (Å²) in [7, 11) is 1.58. The first-order valence-corrected chi connectivity index (χ1v) is 7.23. The highest BCUT2D eigenvalue weighted by Crippen LogP contribution is 2.24. The number of hydrogen-bond acceptors (Lipinski definition) is 6. The maximum absolute atomic E-state index is 11.7. The molecular formula is C16H25NO5. The molecule has 124 valence electrons. The van der Waals surface area contributed by atoms with Crippen molar-refractivity contribution in [1.82, 2.24) is 4.98 Å². The topological polar surface area (TPSA) is 74.7 Å². The van der Waals surface area contributed by atoms with Crippen LogP contribution >= 0.6 is 0 Å². The van der Waals surface area contributed by atoms with E-state index in [2.05, 4.69) is 4.98 Å². The van der Waals surface area contributed by atoms with Gasteiger partial charge in [0, 0.05) is 25.5 Å². The summed E-state index contributed by atoms with van der Waals surface area (Å²) in [5.41, 5.74) is 0.999. The number of ether oxygens (including phenoxy) is 3. The summed E-state index contributed by atoms with van der Waals surface area (Å²) in [6, 6.07) is 3.73. The van der Waals surface area contributed by atoms with Crippen LogP contribution in [-0.2, 0) is 19.1 Å². The minimum Gasteiger partial charge on any atom is -0.481 e. The van der Waals surface area contributed by atoms with Gasteiger partial charge in [-0.25, -0.2) is 4.98 Å². The Labute approximate surface area is 131 Å². The Kier molecular flexibility index (Phi) is 11.6. The summed E-state index contributed by atoms with van der Waals surface area (Å²) in [5, 5.41) is 0. The van der Waals surface area contributed by atoms with E-state index in [4.69, 9.17) is 19.0 Å². The van der Waals surface area contributed by atoms with Crippen LogP contribution in [0.15, 0.2) is 18.3 Å². The van der Waals surface area contributed by atoms with Crippen molar-refractivity contribution in [3.8, 4) is 5.88 Å². The van der Waals surface area contributed by atoms with Crippen LogP contribution in [0.25, 0.3) is 0 Å². The quantitative estimate of drug-likeness (QED) is 0.515. The average Bonchev–Trinajstić information content (AvgIpc) is 2.56. The van der Waals surface area contributed by atoms with E-state index in [1.54, 1.807) is 19.4 Å². The molecule has 6 heteroatoms. The minimum atomic E-state index is -0.190. The number of aromatic nitrogens is 1. The van der Waals surface area contributed by atoms with E-state index >= 15 is 0 Å². The van der Waals surface area contributed by atoms with Gasteiger partial charge < -0.3 is 19.0 Å². The first-order chi connectivity index (χ1) is 10.7. The Morgan fingerprint density at radius 1 is 1.27 bits per heavy atom. The highest BCUT2D eigenvalue weighted by molar-refractivity contribution is 5.70. The Morgan fingerprint density at radius 2 is 2.00 bits per heavy atom. The second-order valence-electron chi connectivity index (χ2n) is 4.33. The highest BCUT2D eigenvalue weighted by Gasteiger charge is 2.17. The smallest absolute Gasteiger partial charge is 0.306 e. The molecule has 1 rings (SSSR count). The molecule has 0 aliphatic carbocycles. The molecule has 0 aliphatic heterocycles. The van der Waals surface area contributed by atoms with Crippen LogP contribution in [0, 0.1) is 0 Å². The Morgan fingerprint density at radius 3 is 2.50 bits per heavy atom. The second-order valence-corrected chi connectivity index (χ2v) is 4.33. The van der Waals surface area contributed by atoms with E-state index < -0.39 is 0 Å². The molecule has 0 amide bonds. The van der Waals surface area contributed by atoms with Gasteiger partial charge in [0.1, 0.15) is 6.79 Å². The third-order valence-corrected chi connectivity index (χ3v) is 2.97. The summed E-state index contributed by atoms with van der Waals surface area (Å²) < 4.78 is 15.4. The van der Waals surface area contributed by atoms with E-state index in [0.717, 1.165) is 12.0 Å². The summed E-state index contributed by atoms with van der Waals surface area (Å²) >= 11 is 0. The van der Waals surface area contributed by atoms with Crippen LogP contribution in [0.3, 0.4) is 0 Å². The zero-order valence-electron chi connectivity index (χ0n) is 13.5. The van der Waals surface area contributed by atoms with Gasteiger partial charge in [0.05, 0.1) is 20.1 Å². The Bertz CT molecular complexity index is 408. The van der Waals surface area contributed by atoms with Gasteiger partial charge in [0.15, 0.2) is 0 Å². The van der Waals surface area contributed by atoms with Gasteiger partial charge in [-0.1, -0.05) is 6.07 Å². The SMILES string of the molecule is C=O.CCOCCC(CC(=O)OCC)c1ccc(OC)nc1. The lowest BCUT2D eigenvalue weighted by Crippen LogP contribution is -2.13. The lowest BCUT2D eigenvalue weighted by Gasteiger charge is -2.16. The Balaban J connectivity index is 0.00000211. The number of esters is 1. The number of pyridine rings is 1. The molecule has 1 aromatic rings. The molecular weight excluding hydrogens is 286 g/mol. The standard InChI is InChI=1S/C15H23NO4.CH2O/c1-4-19-9-8-12(10-15(17)20-5-2)13-6-7-14(18-3)16-11-13;1-2/h6-7,11-12H,4-5,8-10H2,1-3H3;1H2. The minimum absolute atomic E-state index is 0.0546. The van der Waals surface area contributed by atoms with E-state index in [9.17, 15) is 4.79 Å². The molecule has 1 atom stereocenters. The van der Waals surface area contributed by atoms with Crippen LogP contribution in [0.4, 0.5) is 0 Å². The van der Waals surface area contributed by atoms with Crippen LogP contribution in [-0.4, -0.2) is 44.7 Å². The monoisotopic (exact) mass is 311 g/mol. The molecule has 22 heavy (non-hydrogen) atoms. The van der Waals surface area contributed by atoms with E-state index in [-0.39, 0.29) is 11.9 Å². The molecule has 0 bridgehead atoms. The fraction of sp³-hybridized carbons (Fsp3) is 0.562. The van der Waals surface area contributed by atoms with Crippen LogP contribution in [0.2, 0.25) is 0 Å². The number of hydrogen-bond donors (Lipinski definition) is 0. The third kappa shape index (κ3) is 7.73. The first kappa shape index (κ1) is 20.1. The fourth-order valence-electron chi connectivity index (χ4n) is 1.93. The van der Waals surface area contributed by atoms with Crippen molar-refractivity contribution in [2.75, 3.05) is 26.9 Å². The van der Waals surface area contributed by atoms with Crippen molar-refractivity contribution in [1.29, 1.82) is 0 Å². The molecule has 0 N–H and O–H groups in total. The normalized spacial score (nSPS) is 11.0. The van der Waals surface area contributed by atoms with E-state index in [1.807, 2.05) is 26.7 Å². The third-order valence-electron chi connectivity index (χ3n) is 2.97. The van der Waals surface area contributed by atoms with Crippen molar-refractivity contribution >= 4 is 12.8 Å². The molecule has 0 aliphatic rings. The zero-order chi connectivity index (χ0) is 16.8. The fourth-order valence-corrected chi connectivity index (χ4v) is 1.93. The van der Waals surface area contributed by atoms with Gasteiger partial charge in [-0.3, -0.25) is 4.79 Å². The number of carbonyl (C=O) groups is 2. The molecule has 6 nitrogen and oxygen atoms in total. The number of carbonyl (C=O) groups excluding carboxylic acids is 2. The molecule has 0 saturated heterocycles. The maximum Gasteiger partial charge on any atom is 0.306 e. The van der Waals surface area contributed by atoms with Crippen molar-refractivity contribution in [3.63, 3.8) is 0 Å². The van der Waals surface area contributed by atoms with Crippen molar-refractivity contribution in [2.24, 2.45) is 0 Å². The van der Waals surface area contributed by atoms with Crippen molar-refractivity contribution < 1.29 is 23.8 Å². The lowest BCUT2D eigenvalue weighted by molar-refractivity contribution is -0.143. The molecule has 0 spiro atoms. The molecule has 1 aromatic heterocycles. The van der Waals surface area contributed by atoms with Crippen LogP contribution < -0.4 is 4.74 Å². The molecule has 1 unspecified atom stereocenters. The summed E-state index contributed by atoms with van der Waals surface area (Å²) in [6.45, 7) is 7.45. The molecule has 0 saturated carbocycles. The molecule has 1 heterocycles. The predicted molar refractivity (Wildman–Crippen MR) is 83.0 cm³/mol. The largest absolute Gasteiger partial charge is 0.481 e. The van der Waals surface area contributed by atoms with Gasteiger partial charge in [-0.05, 0) is 31.7 Å². The van der Waals surface area contributed by atoms with Gasteiger partial charge in [-0.2, -0.15) is 0 Å². The Hall–Kier alpha value is -1.95. The summed E-state index contributed by atoms with van der Waals surface area (Å²) in [5.74, 6) is 0.428. The van der Waals surface area contributed by atoms with Crippen LogP contribution in [0.5, 0.6) is 5.88 Å². The average molecular weight is 311 g/mol. The van der Waals surface area contributed by atoms with Crippen molar-refractivity contribution in [2.45, 2.75) is 32.6 Å². The van der Waals surface area contributed by atoms with Gasteiger partial charge in [0.25, 0.3) is 0 Å². The van der Waals surface area contributed by atoms with Crippen molar-refractivity contribution in [3.05, 3.63) is 23.9 Å². The second kappa shape index (κ2) is 12.8. The molecule has 0 radical (unpaired) electrons. The first-order valence-electron chi connectivity index (χ1n) is 7.23. The maximum atomic E-state index is 11.7. The molecule has 0 fully saturated rings. The van der Waals surface area contributed by atoms with Gasteiger partial charge in [0.2, 0.25) is 5.88 Å². The van der Waals surface area contributed by atoms with Gasteiger partial charge in [-0.15, -0.1) is 0 Å². The lowest BCUT2D eigenvalue weighted by atomic mass is 9.94. The zero-order valence-corrected chi connectivity index (χ0v) is 13.5. The van der Waals surface area contributed by atoms with Gasteiger partial charge >= 0.3 is 5.97 Å². The summed E-state index contributed by atoms with van der Waals surface area (Å²) in [4.78, 5) is 23.9. The highest BCUT2D eigenvalue weighted by atomic mass is 16.5. The predicted octanol–water partition coefficient (Wildman–Crippen LogP) is 2.37. The van der Waals surface area contributed by atoms with Crippen LogP contribution in [0.1, 0.15) is 38.2 Å². The van der Waals surface area contributed by atoms with E-state index in [1.165, 1.54) is 0 Å². The van der Waals surface area contributed by atoms with E-state index in [0.29, 0.717) is 32.1 Å². The number of nitrogens with zero attached hydrogens (tertiary/aromatic N) is 1. The number of rotatable bonds is 9.